The van der Waals surface area contributed by atoms with Crippen LogP contribution in [-0.4, -0.2) is 23.5 Å². The molecule has 6 nitrogen and oxygen atoms in total. The summed E-state index contributed by atoms with van der Waals surface area (Å²) < 4.78 is 50.5. The molecule has 2 amide bonds. The van der Waals surface area contributed by atoms with Gasteiger partial charge in [-0.05, 0) is 48.5 Å². The van der Waals surface area contributed by atoms with Crippen molar-refractivity contribution >= 4 is 23.2 Å². The lowest BCUT2D eigenvalue weighted by Gasteiger charge is -2.12. The number of aliphatic hydroxyl groups excluding tert-OH is 1. The number of anilines is 2. The molecule has 2 rings (SSSR count). The fourth-order valence-corrected chi connectivity index (χ4v) is 2.16. The van der Waals surface area contributed by atoms with Gasteiger partial charge in [-0.3, -0.25) is 9.59 Å². The number of nitrogens with two attached hydrogens (primary N) is 1. The average Bonchev–Trinajstić information content (AvgIpc) is 2.61. The van der Waals surface area contributed by atoms with Crippen molar-refractivity contribution in [2.75, 3.05) is 17.2 Å². The highest BCUT2D eigenvalue weighted by atomic mass is 19.4. The maximum Gasteiger partial charge on any atom is 0.416 e. The van der Waals surface area contributed by atoms with E-state index in [1.54, 1.807) is 0 Å². The maximum atomic E-state index is 12.9. The number of carbonyl (C=O) groups is 2. The summed E-state index contributed by atoms with van der Waals surface area (Å²) >= 11 is 0. The molecule has 0 fully saturated rings. The zero-order chi connectivity index (χ0) is 20.9. The Balaban J connectivity index is 2.11. The Labute approximate surface area is 156 Å². The minimum absolute atomic E-state index is 0.161. The summed E-state index contributed by atoms with van der Waals surface area (Å²) in [5.41, 5.74) is 3.89. The largest absolute Gasteiger partial charge is 0.509 e. The fraction of sp³-hybridized carbons (Fsp3) is 0.111. The number of rotatable bonds is 6. The maximum absolute atomic E-state index is 12.9. The number of benzene rings is 2. The van der Waals surface area contributed by atoms with E-state index < -0.39 is 47.2 Å². The summed E-state index contributed by atoms with van der Waals surface area (Å²) in [5.74, 6) is -3.49. The Kier molecular flexibility index (Phi) is 6.24. The molecule has 0 aliphatic rings. The van der Waals surface area contributed by atoms with Gasteiger partial charge < -0.3 is 21.5 Å². The lowest BCUT2D eigenvalue weighted by Crippen LogP contribution is -2.29. The van der Waals surface area contributed by atoms with Crippen LogP contribution in [0.15, 0.2) is 59.9 Å². The number of hydrogen-bond acceptors (Lipinski definition) is 4. The SMILES string of the molecule is NC(=O)/C(C(=O)Nc1ccc(F)cc1)=C(/O)CNc1ccc(C(F)(F)F)cc1. The molecule has 5 N–H and O–H groups in total. The van der Waals surface area contributed by atoms with Gasteiger partial charge in [-0.1, -0.05) is 0 Å². The van der Waals surface area contributed by atoms with Crippen molar-refractivity contribution in [2.24, 2.45) is 5.73 Å². The van der Waals surface area contributed by atoms with Gasteiger partial charge in [0.05, 0.1) is 12.1 Å². The molecular formula is C18H15F4N3O3. The lowest BCUT2D eigenvalue weighted by molar-refractivity contribution is -0.137. The van der Waals surface area contributed by atoms with Gasteiger partial charge in [0.25, 0.3) is 11.8 Å². The Bertz CT molecular complexity index is 892. The quantitative estimate of drug-likeness (QED) is 0.198. The Morgan fingerprint density at radius 2 is 1.50 bits per heavy atom. The van der Waals surface area contributed by atoms with Crippen LogP contribution in [0.25, 0.3) is 0 Å². The van der Waals surface area contributed by atoms with Crippen molar-refractivity contribution in [1.29, 1.82) is 0 Å². The highest BCUT2D eigenvalue weighted by Crippen LogP contribution is 2.29. The average molecular weight is 397 g/mol. The lowest BCUT2D eigenvalue weighted by atomic mass is 10.1. The van der Waals surface area contributed by atoms with Crippen molar-refractivity contribution < 1.29 is 32.3 Å². The number of primary amides is 1. The van der Waals surface area contributed by atoms with Crippen LogP contribution in [0.5, 0.6) is 0 Å². The third kappa shape index (κ3) is 5.47. The van der Waals surface area contributed by atoms with E-state index in [0.29, 0.717) is 0 Å². The minimum atomic E-state index is -4.49. The van der Waals surface area contributed by atoms with Crippen LogP contribution >= 0.6 is 0 Å². The summed E-state index contributed by atoms with van der Waals surface area (Å²) in [4.78, 5) is 23.7. The molecule has 0 saturated carbocycles. The molecular weight excluding hydrogens is 382 g/mol. The predicted octanol–water partition coefficient (Wildman–Crippen LogP) is 3.19. The summed E-state index contributed by atoms with van der Waals surface area (Å²) in [5, 5.41) is 14.9. The molecule has 2 aromatic carbocycles. The third-order valence-corrected chi connectivity index (χ3v) is 3.54. The van der Waals surface area contributed by atoms with Gasteiger partial charge in [0.15, 0.2) is 0 Å². The van der Waals surface area contributed by atoms with Gasteiger partial charge in [0, 0.05) is 11.4 Å². The van der Waals surface area contributed by atoms with E-state index >= 15 is 0 Å². The number of halogens is 4. The second-order valence-electron chi connectivity index (χ2n) is 5.58. The number of aliphatic hydroxyl groups is 1. The van der Waals surface area contributed by atoms with E-state index in [1.165, 1.54) is 12.1 Å². The van der Waals surface area contributed by atoms with Crippen molar-refractivity contribution in [1.82, 2.24) is 0 Å². The topological polar surface area (TPSA) is 104 Å². The van der Waals surface area contributed by atoms with Crippen molar-refractivity contribution in [2.45, 2.75) is 6.18 Å². The first kappa shape index (κ1) is 20.7. The molecule has 0 aliphatic heterocycles. The number of amides is 2. The molecule has 0 heterocycles. The van der Waals surface area contributed by atoms with Crippen LogP contribution in [0.1, 0.15) is 5.56 Å². The standard InChI is InChI=1S/C18H15F4N3O3/c19-11-3-7-13(8-4-11)25-17(28)15(16(23)27)14(26)9-24-12-5-1-10(2-6-12)18(20,21)22/h1-8,24,26H,9H2,(H2,23,27)(H,25,28)/b15-14-. The summed E-state index contributed by atoms with van der Waals surface area (Å²) in [6.45, 7) is -0.444. The van der Waals surface area contributed by atoms with E-state index in [2.05, 4.69) is 10.6 Å². The molecule has 2 aromatic rings. The van der Waals surface area contributed by atoms with Gasteiger partial charge in [0.2, 0.25) is 0 Å². The van der Waals surface area contributed by atoms with Crippen LogP contribution in [0, 0.1) is 5.82 Å². The van der Waals surface area contributed by atoms with Crippen molar-refractivity contribution in [3.8, 4) is 0 Å². The molecule has 0 aromatic heterocycles. The zero-order valence-corrected chi connectivity index (χ0v) is 14.2. The molecule has 0 radical (unpaired) electrons. The number of nitrogens with one attached hydrogen (secondary N) is 2. The summed E-state index contributed by atoms with van der Waals surface area (Å²) in [6.07, 6.45) is -4.49. The molecule has 0 bridgehead atoms. The van der Waals surface area contributed by atoms with Crippen molar-refractivity contribution in [3.05, 3.63) is 71.2 Å². The first-order valence-electron chi connectivity index (χ1n) is 7.78. The van der Waals surface area contributed by atoms with Gasteiger partial charge in [-0.15, -0.1) is 0 Å². The third-order valence-electron chi connectivity index (χ3n) is 3.54. The van der Waals surface area contributed by atoms with E-state index in [9.17, 15) is 32.3 Å². The Morgan fingerprint density at radius 1 is 0.964 bits per heavy atom. The van der Waals surface area contributed by atoms with Crippen molar-refractivity contribution in [3.63, 3.8) is 0 Å². The normalized spacial score (nSPS) is 12.1. The molecule has 0 spiro atoms. The van der Waals surface area contributed by atoms with Crippen LogP contribution in [0.2, 0.25) is 0 Å². The van der Waals surface area contributed by atoms with Gasteiger partial charge >= 0.3 is 6.18 Å². The first-order chi connectivity index (χ1) is 13.1. The van der Waals surface area contributed by atoms with Crippen LogP contribution in [-0.2, 0) is 15.8 Å². The molecule has 148 valence electrons. The smallest absolute Gasteiger partial charge is 0.416 e. The minimum Gasteiger partial charge on any atom is -0.509 e. The van der Waals surface area contributed by atoms with Gasteiger partial charge in [0.1, 0.15) is 17.1 Å². The Morgan fingerprint density at radius 3 is 2.00 bits per heavy atom. The highest BCUT2D eigenvalue weighted by Gasteiger charge is 2.30. The number of carbonyl (C=O) groups excluding carboxylic acids is 2. The van der Waals surface area contributed by atoms with E-state index in [1.807, 2.05) is 0 Å². The van der Waals surface area contributed by atoms with E-state index in [4.69, 9.17) is 5.73 Å². The predicted molar refractivity (Wildman–Crippen MR) is 93.8 cm³/mol. The molecule has 0 saturated heterocycles. The molecule has 0 atom stereocenters. The van der Waals surface area contributed by atoms with Gasteiger partial charge in [-0.25, -0.2) is 4.39 Å². The second kappa shape index (κ2) is 8.42. The van der Waals surface area contributed by atoms with E-state index in [0.717, 1.165) is 36.4 Å². The van der Waals surface area contributed by atoms with E-state index in [-0.39, 0.29) is 11.4 Å². The first-order valence-corrected chi connectivity index (χ1v) is 7.78. The van der Waals surface area contributed by atoms with Crippen LogP contribution < -0.4 is 16.4 Å². The second-order valence-corrected chi connectivity index (χ2v) is 5.58. The summed E-state index contributed by atoms with van der Waals surface area (Å²) in [6, 6.07) is 8.55. The molecule has 10 heteroatoms. The molecule has 28 heavy (non-hydrogen) atoms. The van der Waals surface area contributed by atoms with Gasteiger partial charge in [-0.2, -0.15) is 13.2 Å². The number of alkyl halides is 3. The van der Waals surface area contributed by atoms with Crippen LogP contribution in [0.4, 0.5) is 28.9 Å². The Hall–Kier alpha value is -3.56. The number of hydrogen-bond donors (Lipinski definition) is 4. The molecule has 0 unspecified atom stereocenters. The fourth-order valence-electron chi connectivity index (χ4n) is 2.16. The zero-order valence-electron chi connectivity index (χ0n) is 14.2. The highest BCUT2D eigenvalue weighted by molar-refractivity contribution is 6.22. The van der Waals surface area contributed by atoms with Crippen LogP contribution in [0.3, 0.4) is 0 Å². The monoisotopic (exact) mass is 397 g/mol. The summed E-state index contributed by atoms with van der Waals surface area (Å²) in [7, 11) is 0. The molecule has 0 aliphatic carbocycles.